The zero-order valence-electron chi connectivity index (χ0n) is 11.7. The third-order valence-electron chi connectivity index (χ3n) is 2.92. The van der Waals surface area contributed by atoms with Crippen LogP contribution in [0.2, 0.25) is 0 Å². The third kappa shape index (κ3) is 3.86. The monoisotopic (exact) mass is 266 g/mol. The minimum atomic E-state index is -0.0854. The second kappa shape index (κ2) is 6.99. The van der Waals surface area contributed by atoms with Gasteiger partial charge in [0.25, 0.3) is 5.91 Å². The number of anilines is 1. The van der Waals surface area contributed by atoms with Gasteiger partial charge in [-0.05, 0) is 38.5 Å². The van der Waals surface area contributed by atoms with Crippen LogP contribution in [-0.4, -0.2) is 42.2 Å². The Morgan fingerprint density at radius 2 is 2.16 bits per heavy atom. The van der Waals surface area contributed by atoms with Gasteiger partial charge in [-0.25, -0.2) is 0 Å². The highest BCUT2D eigenvalue weighted by Crippen LogP contribution is 2.23. The van der Waals surface area contributed by atoms with Crippen LogP contribution in [0.3, 0.4) is 0 Å². The van der Waals surface area contributed by atoms with Crippen LogP contribution >= 0.6 is 0 Å². The Bertz CT molecular complexity index is 433. The molecule has 19 heavy (non-hydrogen) atoms. The molecule has 1 rings (SSSR count). The van der Waals surface area contributed by atoms with E-state index < -0.39 is 0 Å². The van der Waals surface area contributed by atoms with Gasteiger partial charge in [0.15, 0.2) is 0 Å². The van der Waals surface area contributed by atoms with E-state index in [1.165, 1.54) is 7.11 Å². The molecule has 0 fully saturated rings. The summed E-state index contributed by atoms with van der Waals surface area (Å²) < 4.78 is 5.07. The summed E-state index contributed by atoms with van der Waals surface area (Å²) in [4.78, 5) is 14.1. The molecule has 0 aliphatic heterocycles. The van der Waals surface area contributed by atoms with Gasteiger partial charge in [-0.3, -0.25) is 4.79 Å². The normalized spacial score (nSPS) is 10.6. The molecule has 0 spiro atoms. The molecule has 0 aromatic heterocycles. The van der Waals surface area contributed by atoms with E-state index in [9.17, 15) is 4.79 Å². The van der Waals surface area contributed by atoms with Gasteiger partial charge in [0.2, 0.25) is 0 Å². The van der Waals surface area contributed by atoms with Crippen molar-refractivity contribution < 1.29 is 14.6 Å². The van der Waals surface area contributed by atoms with Gasteiger partial charge in [0, 0.05) is 24.8 Å². The van der Waals surface area contributed by atoms with Crippen molar-refractivity contribution in [2.24, 2.45) is 0 Å². The maximum absolute atomic E-state index is 12.4. The van der Waals surface area contributed by atoms with Gasteiger partial charge in [0.05, 0.1) is 12.8 Å². The maximum Gasteiger partial charge on any atom is 0.254 e. The van der Waals surface area contributed by atoms with Crippen molar-refractivity contribution in [3.8, 4) is 5.75 Å². The van der Waals surface area contributed by atoms with E-state index in [1.807, 2.05) is 13.8 Å². The number of aliphatic hydroxyl groups excluding tert-OH is 1. The van der Waals surface area contributed by atoms with E-state index in [0.29, 0.717) is 30.0 Å². The van der Waals surface area contributed by atoms with E-state index in [4.69, 9.17) is 15.6 Å². The standard InChI is InChI=1S/C14H22N2O3/c1-10(2)16(7-4-8-17)14(18)11-5-6-13(19-3)12(15)9-11/h5-6,9-10,17H,4,7-8,15H2,1-3H3. The minimum absolute atomic E-state index is 0.0707. The van der Waals surface area contributed by atoms with Crippen molar-refractivity contribution in [3.63, 3.8) is 0 Å². The SMILES string of the molecule is COc1ccc(C(=O)N(CCCO)C(C)C)cc1N. The van der Waals surface area contributed by atoms with Crippen LogP contribution < -0.4 is 10.5 Å². The Morgan fingerprint density at radius 1 is 1.47 bits per heavy atom. The molecule has 3 N–H and O–H groups in total. The molecular formula is C14H22N2O3. The molecule has 0 bridgehead atoms. The van der Waals surface area contributed by atoms with Crippen molar-refractivity contribution >= 4 is 11.6 Å². The first-order valence-corrected chi connectivity index (χ1v) is 6.36. The number of carbonyl (C=O) groups is 1. The van der Waals surface area contributed by atoms with E-state index in [-0.39, 0.29) is 18.6 Å². The van der Waals surface area contributed by atoms with Crippen LogP contribution in [0.15, 0.2) is 18.2 Å². The lowest BCUT2D eigenvalue weighted by Gasteiger charge is -2.26. The highest BCUT2D eigenvalue weighted by atomic mass is 16.5. The number of nitrogen functional groups attached to an aromatic ring is 1. The van der Waals surface area contributed by atoms with E-state index in [1.54, 1.807) is 23.1 Å². The van der Waals surface area contributed by atoms with Crippen LogP contribution in [0.5, 0.6) is 5.75 Å². The Balaban J connectivity index is 2.93. The van der Waals surface area contributed by atoms with E-state index in [2.05, 4.69) is 0 Å². The summed E-state index contributed by atoms with van der Waals surface area (Å²) in [5, 5.41) is 8.89. The number of benzene rings is 1. The summed E-state index contributed by atoms with van der Waals surface area (Å²) in [6.07, 6.45) is 0.565. The Kier molecular flexibility index (Phi) is 5.63. The Labute approximate surface area is 114 Å². The lowest BCUT2D eigenvalue weighted by atomic mass is 10.1. The fourth-order valence-corrected chi connectivity index (χ4v) is 1.87. The zero-order valence-corrected chi connectivity index (χ0v) is 11.7. The molecule has 1 aromatic carbocycles. The Morgan fingerprint density at radius 3 is 2.63 bits per heavy atom. The van der Waals surface area contributed by atoms with Crippen LogP contribution in [0.25, 0.3) is 0 Å². The summed E-state index contributed by atoms with van der Waals surface area (Å²) in [5.41, 5.74) is 6.79. The van der Waals surface area contributed by atoms with Crippen molar-refractivity contribution in [1.29, 1.82) is 0 Å². The van der Waals surface area contributed by atoms with Crippen molar-refractivity contribution in [1.82, 2.24) is 4.90 Å². The molecule has 0 saturated heterocycles. The number of rotatable bonds is 6. The topological polar surface area (TPSA) is 75.8 Å². The second-order valence-corrected chi connectivity index (χ2v) is 4.63. The van der Waals surface area contributed by atoms with Gasteiger partial charge in [-0.1, -0.05) is 0 Å². The predicted octanol–water partition coefficient (Wildman–Crippen LogP) is 1.51. The number of aliphatic hydroxyl groups is 1. The molecule has 0 saturated carbocycles. The molecule has 1 aromatic rings. The van der Waals surface area contributed by atoms with Crippen molar-refractivity contribution in [3.05, 3.63) is 23.8 Å². The number of nitrogens with two attached hydrogens (primary N) is 1. The van der Waals surface area contributed by atoms with E-state index >= 15 is 0 Å². The first-order chi connectivity index (χ1) is 9.01. The summed E-state index contributed by atoms with van der Waals surface area (Å²) in [7, 11) is 1.54. The highest BCUT2D eigenvalue weighted by molar-refractivity contribution is 5.95. The van der Waals surface area contributed by atoms with Crippen LogP contribution in [0, 0.1) is 0 Å². The molecule has 5 nitrogen and oxygen atoms in total. The molecule has 0 unspecified atom stereocenters. The largest absolute Gasteiger partial charge is 0.495 e. The quantitative estimate of drug-likeness (QED) is 0.765. The summed E-state index contributed by atoms with van der Waals surface area (Å²) in [5.74, 6) is 0.473. The number of nitrogens with zero attached hydrogens (tertiary/aromatic N) is 1. The molecular weight excluding hydrogens is 244 g/mol. The number of amides is 1. The molecule has 0 aliphatic rings. The highest BCUT2D eigenvalue weighted by Gasteiger charge is 2.19. The average molecular weight is 266 g/mol. The molecule has 106 valence electrons. The summed E-state index contributed by atoms with van der Waals surface area (Å²) >= 11 is 0. The first-order valence-electron chi connectivity index (χ1n) is 6.36. The lowest BCUT2D eigenvalue weighted by molar-refractivity contribution is 0.0693. The number of hydrogen-bond donors (Lipinski definition) is 2. The summed E-state index contributed by atoms with van der Waals surface area (Å²) in [6, 6.07) is 5.08. The van der Waals surface area contributed by atoms with Crippen LogP contribution in [0.1, 0.15) is 30.6 Å². The van der Waals surface area contributed by atoms with Gasteiger partial charge in [0.1, 0.15) is 5.75 Å². The fraction of sp³-hybridized carbons (Fsp3) is 0.500. The molecule has 1 amide bonds. The maximum atomic E-state index is 12.4. The van der Waals surface area contributed by atoms with Gasteiger partial charge < -0.3 is 20.5 Å². The number of methoxy groups -OCH3 is 1. The number of carbonyl (C=O) groups excluding carboxylic acids is 1. The zero-order chi connectivity index (χ0) is 14.4. The van der Waals surface area contributed by atoms with Crippen LogP contribution in [-0.2, 0) is 0 Å². The summed E-state index contributed by atoms with van der Waals surface area (Å²) in [6.45, 7) is 4.49. The van der Waals surface area contributed by atoms with Crippen molar-refractivity contribution in [2.45, 2.75) is 26.3 Å². The fourth-order valence-electron chi connectivity index (χ4n) is 1.87. The van der Waals surface area contributed by atoms with Gasteiger partial charge in [-0.15, -0.1) is 0 Å². The average Bonchev–Trinajstić information content (AvgIpc) is 2.38. The number of hydrogen-bond acceptors (Lipinski definition) is 4. The molecule has 0 radical (unpaired) electrons. The van der Waals surface area contributed by atoms with Gasteiger partial charge >= 0.3 is 0 Å². The minimum Gasteiger partial charge on any atom is -0.495 e. The molecule has 0 heterocycles. The molecule has 0 atom stereocenters. The smallest absolute Gasteiger partial charge is 0.254 e. The number of ether oxygens (including phenoxy) is 1. The Hall–Kier alpha value is -1.75. The third-order valence-corrected chi connectivity index (χ3v) is 2.92. The van der Waals surface area contributed by atoms with Crippen LogP contribution in [0.4, 0.5) is 5.69 Å². The van der Waals surface area contributed by atoms with Crippen molar-refractivity contribution in [2.75, 3.05) is 26.0 Å². The van der Waals surface area contributed by atoms with E-state index in [0.717, 1.165) is 0 Å². The second-order valence-electron chi connectivity index (χ2n) is 4.63. The molecule has 5 heteroatoms. The lowest BCUT2D eigenvalue weighted by Crippen LogP contribution is -2.38. The van der Waals surface area contributed by atoms with Gasteiger partial charge in [-0.2, -0.15) is 0 Å². The molecule has 0 aliphatic carbocycles. The first kappa shape index (κ1) is 15.3. The predicted molar refractivity (Wildman–Crippen MR) is 75.3 cm³/mol.